The molecule has 1 atom stereocenters. The summed E-state index contributed by atoms with van der Waals surface area (Å²) in [7, 11) is 1.57. The van der Waals surface area contributed by atoms with Gasteiger partial charge in [0, 0.05) is 35.4 Å². The van der Waals surface area contributed by atoms with Gasteiger partial charge in [-0.05, 0) is 71.1 Å². The molecule has 14 heteroatoms. The van der Waals surface area contributed by atoms with E-state index in [4.69, 9.17) is 25.8 Å². The third kappa shape index (κ3) is 5.94. The summed E-state index contributed by atoms with van der Waals surface area (Å²) in [6.07, 6.45) is 6.42. The van der Waals surface area contributed by atoms with Crippen molar-refractivity contribution in [2.45, 2.75) is 83.2 Å². The van der Waals surface area contributed by atoms with Crippen LogP contribution in [0.1, 0.15) is 63.2 Å². The van der Waals surface area contributed by atoms with Crippen molar-refractivity contribution >= 4 is 39.1 Å². The van der Waals surface area contributed by atoms with E-state index in [0.29, 0.717) is 63.2 Å². The van der Waals surface area contributed by atoms with E-state index in [-0.39, 0.29) is 24.6 Å². The van der Waals surface area contributed by atoms with Gasteiger partial charge in [0.2, 0.25) is 5.91 Å². The van der Waals surface area contributed by atoms with Crippen LogP contribution in [-0.4, -0.2) is 62.5 Å². The van der Waals surface area contributed by atoms with Crippen LogP contribution < -0.4 is 21.3 Å². The summed E-state index contributed by atoms with van der Waals surface area (Å²) in [6, 6.07) is 5.31. The highest BCUT2D eigenvalue weighted by atomic mass is 35.5. The van der Waals surface area contributed by atoms with Crippen LogP contribution in [0.5, 0.6) is 5.75 Å². The maximum atomic E-state index is 14.6. The average Bonchev–Trinajstić information content (AvgIpc) is 3.65. The zero-order chi connectivity index (χ0) is 31.9. The number of carbonyl (C=O) groups excluding carboxylic acids is 1. The smallest absolute Gasteiger partial charge is 0.333 e. The number of ether oxygens (including phenoxy) is 3. The quantitative estimate of drug-likeness (QED) is 0.270. The number of carbonyl (C=O) groups is 1. The summed E-state index contributed by atoms with van der Waals surface area (Å²) in [5, 5.41) is 13.0. The minimum Gasteiger partial charge on any atom is -0.496 e. The summed E-state index contributed by atoms with van der Waals surface area (Å²) in [5.74, 6) is 0.170. The van der Waals surface area contributed by atoms with Crippen LogP contribution >= 0.6 is 22.9 Å². The first-order valence-electron chi connectivity index (χ1n) is 15.1. The van der Waals surface area contributed by atoms with Gasteiger partial charge in [-0.15, -0.1) is 4.80 Å². The third-order valence-electron chi connectivity index (χ3n) is 8.75. The number of methoxy groups -OCH3 is 1. The first kappa shape index (κ1) is 31.5. The number of hydrogen-bond donors (Lipinski definition) is 1. The Morgan fingerprint density at radius 1 is 1.18 bits per heavy atom. The molecule has 1 saturated heterocycles. The highest BCUT2D eigenvalue weighted by Gasteiger charge is 2.38. The SMILES string of the molecule is COc1ccc(Cl)cc1[C@H](Cn1c(=O)n(C(C)(C)C(=O)NC2CCC2)c(=O)c2c(C)c(-n3nccn3)sc21)OC1CCOCC1. The zero-order valence-electron chi connectivity index (χ0n) is 25.7. The van der Waals surface area contributed by atoms with Gasteiger partial charge in [-0.2, -0.15) is 10.2 Å². The molecule has 1 saturated carbocycles. The Balaban J connectivity index is 1.55. The molecule has 6 rings (SSSR count). The number of aryl methyl sites for hydroxylation is 1. The zero-order valence-corrected chi connectivity index (χ0v) is 27.3. The van der Waals surface area contributed by atoms with Crippen LogP contribution in [0.25, 0.3) is 15.2 Å². The monoisotopic (exact) mass is 656 g/mol. The number of nitrogens with zero attached hydrogens (tertiary/aromatic N) is 5. The van der Waals surface area contributed by atoms with E-state index in [0.717, 1.165) is 23.8 Å². The topological polar surface area (TPSA) is 132 Å². The van der Waals surface area contributed by atoms with E-state index in [2.05, 4.69) is 15.5 Å². The van der Waals surface area contributed by atoms with Crippen molar-refractivity contribution in [1.29, 1.82) is 0 Å². The molecule has 12 nitrogen and oxygen atoms in total. The fourth-order valence-corrected chi connectivity index (χ4v) is 7.30. The molecule has 0 radical (unpaired) electrons. The van der Waals surface area contributed by atoms with Gasteiger partial charge in [-0.25, -0.2) is 9.36 Å². The number of amides is 1. The molecular weight excluding hydrogens is 620 g/mol. The molecule has 2 fully saturated rings. The number of rotatable bonds is 10. The Morgan fingerprint density at radius 3 is 2.53 bits per heavy atom. The predicted molar refractivity (Wildman–Crippen MR) is 171 cm³/mol. The second-order valence-corrected chi connectivity index (χ2v) is 13.5. The molecular formula is C31H37ClN6O6S. The molecule has 1 aromatic carbocycles. The Bertz CT molecular complexity index is 1820. The molecule has 4 heterocycles. The second-order valence-electron chi connectivity index (χ2n) is 12.0. The fraction of sp³-hybridized carbons (Fsp3) is 0.516. The Morgan fingerprint density at radius 2 is 1.89 bits per heavy atom. The lowest BCUT2D eigenvalue weighted by Crippen LogP contribution is -2.57. The van der Waals surface area contributed by atoms with E-state index >= 15 is 0 Å². The normalized spacial score (nSPS) is 16.9. The molecule has 3 aromatic heterocycles. The maximum Gasteiger partial charge on any atom is 0.333 e. The van der Waals surface area contributed by atoms with Crippen LogP contribution in [0.4, 0.5) is 0 Å². The number of benzene rings is 1. The lowest BCUT2D eigenvalue weighted by atomic mass is 9.91. The number of aromatic nitrogens is 5. The second kappa shape index (κ2) is 12.7. The van der Waals surface area contributed by atoms with Crippen LogP contribution in [0.2, 0.25) is 5.02 Å². The Hall–Kier alpha value is -3.52. The molecule has 45 heavy (non-hydrogen) atoms. The molecule has 4 aromatic rings. The van der Waals surface area contributed by atoms with E-state index in [9.17, 15) is 14.4 Å². The van der Waals surface area contributed by atoms with Crippen molar-refractivity contribution in [3.8, 4) is 10.8 Å². The molecule has 2 aliphatic rings. The van der Waals surface area contributed by atoms with E-state index < -0.39 is 22.9 Å². The highest BCUT2D eigenvalue weighted by Crippen LogP contribution is 2.36. The first-order valence-corrected chi connectivity index (χ1v) is 16.3. The Labute approximate surface area is 268 Å². The molecule has 1 N–H and O–H groups in total. The van der Waals surface area contributed by atoms with Gasteiger partial charge < -0.3 is 19.5 Å². The van der Waals surface area contributed by atoms with Gasteiger partial charge in [0.1, 0.15) is 27.2 Å². The molecule has 1 amide bonds. The fourth-order valence-electron chi connectivity index (χ4n) is 5.90. The first-order chi connectivity index (χ1) is 21.6. The van der Waals surface area contributed by atoms with Gasteiger partial charge in [0.05, 0.1) is 37.5 Å². The summed E-state index contributed by atoms with van der Waals surface area (Å²) in [4.78, 5) is 44.4. The number of thiophene rings is 1. The van der Waals surface area contributed by atoms with Crippen molar-refractivity contribution in [3.05, 3.63) is 67.6 Å². The van der Waals surface area contributed by atoms with Crippen LogP contribution in [0, 0.1) is 6.92 Å². The predicted octanol–water partition coefficient (Wildman–Crippen LogP) is 4.12. The molecule has 240 valence electrons. The number of fused-ring (bicyclic) bond motifs is 1. The van der Waals surface area contributed by atoms with Gasteiger partial charge in [-0.1, -0.05) is 22.9 Å². The molecule has 0 spiro atoms. The molecule has 0 bridgehead atoms. The molecule has 0 unspecified atom stereocenters. The van der Waals surface area contributed by atoms with E-state index in [1.807, 2.05) is 0 Å². The highest BCUT2D eigenvalue weighted by molar-refractivity contribution is 7.21. The maximum absolute atomic E-state index is 14.6. The van der Waals surface area contributed by atoms with Crippen molar-refractivity contribution in [1.82, 2.24) is 29.4 Å². The lowest BCUT2D eigenvalue weighted by molar-refractivity contribution is -0.130. The van der Waals surface area contributed by atoms with Crippen molar-refractivity contribution < 1.29 is 19.0 Å². The van der Waals surface area contributed by atoms with Gasteiger partial charge >= 0.3 is 5.69 Å². The van der Waals surface area contributed by atoms with E-state index in [1.165, 1.54) is 20.7 Å². The number of nitrogens with one attached hydrogen (secondary N) is 1. The third-order valence-corrected chi connectivity index (χ3v) is 10.3. The van der Waals surface area contributed by atoms with Crippen molar-refractivity contribution in [3.63, 3.8) is 0 Å². The Kier molecular flexibility index (Phi) is 8.88. The lowest BCUT2D eigenvalue weighted by Gasteiger charge is -2.33. The minimum absolute atomic E-state index is 0.0237. The number of hydrogen-bond acceptors (Lipinski definition) is 9. The summed E-state index contributed by atoms with van der Waals surface area (Å²) in [5.41, 5.74) is -1.38. The largest absolute Gasteiger partial charge is 0.496 e. The van der Waals surface area contributed by atoms with Crippen molar-refractivity contribution in [2.75, 3.05) is 20.3 Å². The summed E-state index contributed by atoms with van der Waals surface area (Å²) >= 11 is 7.70. The summed E-state index contributed by atoms with van der Waals surface area (Å²) in [6.45, 7) is 6.16. The average molecular weight is 657 g/mol. The van der Waals surface area contributed by atoms with Gasteiger partial charge in [-0.3, -0.25) is 14.2 Å². The van der Waals surface area contributed by atoms with Crippen LogP contribution in [0.3, 0.4) is 0 Å². The summed E-state index contributed by atoms with van der Waals surface area (Å²) < 4.78 is 20.6. The molecule has 1 aliphatic carbocycles. The van der Waals surface area contributed by atoms with Crippen molar-refractivity contribution in [2.24, 2.45) is 0 Å². The van der Waals surface area contributed by atoms with Crippen LogP contribution in [-0.2, 0) is 26.4 Å². The standard InChI is InChI=1S/C31H37ClN6O6S/c1-18-25-26(39)37(31(2,3)29(40)35-20-6-5-7-20)30(41)36(28(25)45-27(18)38-33-12-13-34-38)17-24(44-21-10-14-43-15-11-21)22-16-19(32)8-9-23(22)42-4/h8-9,12-13,16,20-21,24H,5-7,10-11,14-15,17H2,1-4H3,(H,35,40)/t24-/m0/s1. The van der Waals surface area contributed by atoms with Crippen LogP contribution in [0.15, 0.2) is 40.2 Å². The number of halogens is 1. The van der Waals surface area contributed by atoms with Gasteiger partial charge in [0.25, 0.3) is 5.56 Å². The van der Waals surface area contributed by atoms with Gasteiger partial charge in [0.15, 0.2) is 0 Å². The molecule has 1 aliphatic heterocycles. The van der Waals surface area contributed by atoms with E-state index in [1.54, 1.807) is 58.5 Å². The minimum atomic E-state index is -1.48.